The maximum absolute atomic E-state index is 13.5. The molecule has 0 unspecified atom stereocenters. The summed E-state index contributed by atoms with van der Waals surface area (Å²) in [5.41, 5.74) is 2.86. The summed E-state index contributed by atoms with van der Waals surface area (Å²) in [4.78, 5) is 28.1. The molecule has 7 nitrogen and oxygen atoms in total. The quantitative estimate of drug-likeness (QED) is 0.463. The van der Waals surface area contributed by atoms with Gasteiger partial charge in [-0.05, 0) is 49.9 Å². The van der Waals surface area contributed by atoms with Gasteiger partial charge in [-0.2, -0.15) is 4.31 Å². The topological polar surface area (TPSA) is 86.8 Å². The van der Waals surface area contributed by atoms with Crippen LogP contribution < -0.4 is 5.32 Å². The van der Waals surface area contributed by atoms with E-state index in [1.54, 1.807) is 12.1 Å². The van der Waals surface area contributed by atoms with Crippen molar-refractivity contribution in [2.24, 2.45) is 0 Å². The SMILES string of the molecule is CCCCNC(=O)[C@@H](CC)N(Cc1ccccc1C)C(=O)CN(C)S(=O)(=O)c1ccc(C)cc1. The fourth-order valence-electron chi connectivity index (χ4n) is 3.65. The molecule has 8 heteroatoms. The molecule has 2 aromatic rings. The van der Waals surface area contributed by atoms with Crippen molar-refractivity contribution < 1.29 is 18.0 Å². The van der Waals surface area contributed by atoms with Gasteiger partial charge in [0.1, 0.15) is 6.04 Å². The lowest BCUT2D eigenvalue weighted by Crippen LogP contribution is -2.51. The molecule has 0 bridgehead atoms. The van der Waals surface area contributed by atoms with Crippen LogP contribution in [0.25, 0.3) is 0 Å². The Hall–Kier alpha value is -2.71. The summed E-state index contributed by atoms with van der Waals surface area (Å²) in [5.74, 6) is -0.638. The zero-order chi connectivity index (χ0) is 25.3. The van der Waals surface area contributed by atoms with Gasteiger partial charge in [-0.3, -0.25) is 9.59 Å². The average Bonchev–Trinajstić information content (AvgIpc) is 2.80. The molecule has 0 aliphatic rings. The number of carbonyl (C=O) groups is 2. The third-order valence-corrected chi connectivity index (χ3v) is 7.72. The Kier molecular flexibility index (Phi) is 10.3. The van der Waals surface area contributed by atoms with Crippen LogP contribution >= 0.6 is 0 Å². The number of hydrogen-bond acceptors (Lipinski definition) is 4. The van der Waals surface area contributed by atoms with Gasteiger partial charge in [-0.25, -0.2) is 8.42 Å². The highest BCUT2D eigenvalue weighted by Gasteiger charge is 2.31. The molecule has 0 radical (unpaired) electrons. The maximum Gasteiger partial charge on any atom is 0.243 e. The fourth-order valence-corrected chi connectivity index (χ4v) is 4.77. The summed E-state index contributed by atoms with van der Waals surface area (Å²) in [6.07, 6.45) is 2.22. The Labute approximate surface area is 204 Å². The predicted octanol–water partition coefficient (Wildman–Crippen LogP) is 3.65. The molecule has 186 valence electrons. The van der Waals surface area contributed by atoms with Crippen molar-refractivity contribution in [3.63, 3.8) is 0 Å². The average molecular weight is 488 g/mol. The molecule has 0 spiro atoms. The van der Waals surface area contributed by atoms with Crippen molar-refractivity contribution in [2.75, 3.05) is 20.1 Å². The molecule has 2 rings (SSSR count). The molecule has 0 heterocycles. The number of nitrogens with one attached hydrogen (secondary N) is 1. The number of hydrogen-bond donors (Lipinski definition) is 1. The van der Waals surface area contributed by atoms with Gasteiger partial charge in [0.15, 0.2) is 0 Å². The summed E-state index contributed by atoms with van der Waals surface area (Å²) in [7, 11) is -2.46. The van der Waals surface area contributed by atoms with Gasteiger partial charge < -0.3 is 10.2 Å². The first-order valence-corrected chi connectivity index (χ1v) is 13.2. The number of benzene rings is 2. The van der Waals surface area contributed by atoms with Crippen LogP contribution in [0.3, 0.4) is 0 Å². The standard InChI is InChI=1S/C26H37N3O4S/c1-6-8-17-27-26(31)24(7-2)29(18-22-12-10-9-11-21(22)4)25(30)19-28(5)34(32,33)23-15-13-20(3)14-16-23/h9-16,24H,6-8,17-19H2,1-5H3,(H,27,31)/t24-/m1/s1. The van der Waals surface area contributed by atoms with Gasteiger partial charge in [-0.15, -0.1) is 0 Å². The molecular weight excluding hydrogens is 450 g/mol. The minimum atomic E-state index is -3.85. The van der Waals surface area contributed by atoms with Gasteiger partial charge in [0.2, 0.25) is 21.8 Å². The first kappa shape index (κ1) is 27.5. The molecule has 0 saturated heterocycles. The van der Waals surface area contributed by atoms with Gasteiger partial charge in [0, 0.05) is 20.1 Å². The molecule has 0 fully saturated rings. The number of amides is 2. The van der Waals surface area contributed by atoms with Crippen molar-refractivity contribution >= 4 is 21.8 Å². The van der Waals surface area contributed by atoms with Crippen molar-refractivity contribution in [1.82, 2.24) is 14.5 Å². The maximum atomic E-state index is 13.5. The Balaban J connectivity index is 2.30. The van der Waals surface area contributed by atoms with Gasteiger partial charge in [0.05, 0.1) is 11.4 Å². The van der Waals surface area contributed by atoms with Crippen molar-refractivity contribution in [2.45, 2.75) is 64.4 Å². The highest BCUT2D eigenvalue weighted by Crippen LogP contribution is 2.18. The van der Waals surface area contributed by atoms with Gasteiger partial charge in [0.25, 0.3) is 0 Å². The zero-order valence-electron chi connectivity index (χ0n) is 20.9. The smallest absolute Gasteiger partial charge is 0.243 e. The van der Waals surface area contributed by atoms with E-state index in [9.17, 15) is 18.0 Å². The van der Waals surface area contributed by atoms with Crippen LogP contribution in [0, 0.1) is 13.8 Å². The van der Waals surface area contributed by atoms with E-state index in [0.717, 1.165) is 33.8 Å². The van der Waals surface area contributed by atoms with E-state index >= 15 is 0 Å². The summed E-state index contributed by atoms with van der Waals surface area (Å²) in [5, 5.41) is 2.92. The van der Waals surface area contributed by atoms with Crippen LogP contribution in [0.5, 0.6) is 0 Å². The number of aryl methyl sites for hydroxylation is 2. The van der Waals surface area contributed by atoms with E-state index in [0.29, 0.717) is 13.0 Å². The van der Waals surface area contributed by atoms with Crippen molar-refractivity contribution in [3.05, 3.63) is 65.2 Å². The summed E-state index contributed by atoms with van der Waals surface area (Å²) in [6, 6.07) is 13.5. The largest absolute Gasteiger partial charge is 0.354 e. The third kappa shape index (κ3) is 7.14. The lowest BCUT2D eigenvalue weighted by molar-refractivity contribution is -0.141. The van der Waals surface area contributed by atoms with E-state index in [-0.39, 0.29) is 23.9 Å². The van der Waals surface area contributed by atoms with Gasteiger partial charge >= 0.3 is 0 Å². The van der Waals surface area contributed by atoms with Crippen LogP contribution in [0.15, 0.2) is 53.4 Å². The highest BCUT2D eigenvalue weighted by molar-refractivity contribution is 7.89. The third-order valence-electron chi connectivity index (χ3n) is 5.90. The molecule has 0 aliphatic carbocycles. The molecule has 1 atom stereocenters. The lowest BCUT2D eigenvalue weighted by Gasteiger charge is -2.32. The second-order valence-electron chi connectivity index (χ2n) is 8.59. The van der Waals surface area contributed by atoms with Crippen LogP contribution in [-0.4, -0.2) is 55.6 Å². The minimum absolute atomic E-state index is 0.128. The minimum Gasteiger partial charge on any atom is -0.354 e. The van der Waals surface area contributed by atoms with E-state index in [1.165, 1.54) is 24.1 Å². The second-order valence-corrected chi connectivity index (χ2v) is 10.6. The Bertz CT molecular complexity index is 1070. The predicted molar refractivity (Wildman–Crippen MR) is 135 cm³/mol. The number of rotatable bonds is 12. The van der Waals surface area contributed by atoms with Crippen LogP contribution in [0.1, 0.15) is 49.8 Å². The van der Waals surface area contributed by atoms with E-state index in [2.05, 4.69) is 5.32 Å². The van der Waals surface area contributed by atoms with Gasteiger partial charge in [-0.1, -0.05) is 62.2 Å². The zero-order valence-corrected chi connectivity index (χ0v) is 21.7. The number of sulfonamides is 1. The Morgan fingerprint density at radius 3 is 2.24 bits per heavy atom. The van der Waals surface area contributed by atoms with E-state index < -0.39 is 22.0 Å². The van der Waals surface area contributed by atoms with Crippen LogP contribution in [0.2, 0.25) is 0 Å². The molecule has 1 N–H and O–H groups in total. The molecule has 0 aliphatic heterocycles. The fraction of sp³-hybridized carbons (Fsp3) is 0.462. The first-order chi connectivity index (χ1) is 16.1. The van der Waals surface area contributed by atoms with E-state index in [1.807, 2.05) is 52.0 Å². The number of unbranched alkanes of at least 4 members (excludes halogenated alkanes) is 1. The second kappa shape index (κ2) is 12.7. The normalized spacial score (nSPS) is 12.4. The molecule has 0 aromatic heterocycles. The summed E-state index contributed by atoms with van der Waals surface area (Å²) in [6.45, 7) is 8.14. The van der Waals surface area contributed by atoms with E-state index in [4.69, 9.17) is 0 Å². The molecule has 2 aromatic carbocycles. The van der Waals surface area contributed by atoms with Crippen molar-refractivity contribution in [3.8, 4) is 0 Å². The van der Waals surface area contributed by atoms with Crippen molar-refractivity contribution in [1.29, 1.82) is 0 Å². The molecule has 0 saturated carbocycles. The number of likely N-dealkylation sites (N-methyl/N-ethyl adjacent to an activating group) is 1. The highest BCUT2D eigenvalue weighted by atomic mass is 32.2. The monoisotopic (exact) mass is 487 g/mol. The summed E-state index contributed by atoms with van der Waals surface area (Å²) >= 11 is 0. The molecule has 34 heavy (non-hydrogen) atoms. The summed E-state index contributed by atoms with van der Waals surface area (Å²) < 4.78 is 27.1. The lowest BCUT2D eigenvalue weighted by atomic mass is 10.1. The molecule has 2 amide bonds. The molecular formula is C26H37N3O4S. The van der Waals surface area contributed by atoms with Crippen LogP contribution in [0.4, 0.5) is 0 Å². The first-order valence-electron chi connectivity index (χ1n) is 11.8. The number of carbonyl (C=O) groups excluding carboxylic acids is 2. The Morgan fingerprint density at radius 2 is 1.65 bits per heavy atom. The Morgan fingerprint density at radius 1 is 1.00 bits per heavy atom. The van der Waals surface area contributed by atoms with Crippen LogP contribution in [-0.2, 0) is 26.2 Å². The number of nitrogens with zero attached hydrogens (tertiary/aromatic N) is 2.